The second-order valence-corrected chi connectivity index (χ2v) is 9.88. The van der Waals surface area contributed by atoms with E-state index in [0.29, 0.717) is 31.0 Å². The second-order valence-electron chi connectivity index (χ2n) is 7.12. The molecule has 2 fully saturated rings. The van der Waals surface area contributed by atoms with Gasteiger partial charge in [0, 0.05) is 24.4 Å². The van der Waals surface area contributed by atoms with E-state index in [1.165, 1.54) is 6.26 Å². The maximum Gasteiger partial charge on any atom is 0.233 e. The van der Waals surface area contributed by atoms with Crippen molar-refractivity contribution >= 4 is 27.3 Å². The molecule has 1 aromatic carbocycles. The van der Waals surface area contributed by atoms with Gasteiger partial charge in [-0.3, -0.25) is 4.79 Å². The summed E-state index contributed by atoms with van der Waals surface area (Å²) in [4.78, 5) is 15.2. The minimum absolute atomic E-state index is 0.161. The molecule has 3 rings (SSSR count). The number of nitrogens with zero attached hydrogens (tertiary/aromatic N) is 1. The summed E-state index contributed by atoms with van der Waals surface area (Å²) >= 11 is 6.00. The van der Waals surface area contributed by atoms with E-state index in [1.54, 1.807) is 0 Å². The fraction of sp³-hybridized carbons (Fsp3) is 0.611. The lowest BCUT2D eigenvalue weighted by Gasteiger charge is -2.38. The predicted octanol–water partition coefficient (Wildman–Crippen LogP) is 3.19. The number of hydrogen-bond donors (Lipinski definition) is 0. The van der Waals surface area contributed by atoms with E-state index in [4.69, 9.17) is 11.6 Å². The van der Waals surface area contributed by atoms with Crippen LogP contribution in [0.5, 0.6) is 0 Å². The summed E-state index contributed by atoms with van der Waals surface area (Å²) in [5.41, 5.74) is 0.585. The lowest BCUT2D eigenvalue weighted by molar-refractivity contribution is -0.138. The number of rotatable bonds is 3. The van der Waals surface area contributed by atoms with Gasteiger partial charge in [0.25, 0.3) is 0 Å². The van der Waals surface area contributed by atoms with Crippen LogP contribution in [-0.4, -0.2) is 43.8 Å². The number of piperidine rings is 1. The predicted molar refractivity (Wildman–Crippen MR) is 96.0 cm³/mol. The Kier molecular flexibility index (Phi) is 4.94. The number of amides is 1. The van der Waals surface area contributed by atoms with E-state index in [9.17, 15) is 13.2 Å². The SMILES string of the molecule is CS(=O)(=O)C1CCN(C(=O)C2(c3ccc(Cl)cc3)CCCC2)CC1. The van der Waals surface area contributed by atoms with Crippen LogP contribution in [0.4, 0.5) is 0 Å². The first kappa shape index (κ1) is 17.7. The largest absolute Gasteiger partial charge is 0.342 e. The lowest BCUT2D eigenvalue weighted by Crippen LogP contribution is -2.50. The Labute approximate surface area is 149 Å². The Hall–Kier alpha value is -1.07. The van der Waals surface area contributed by atoms with Gasteiger partial charge >= 0.3 is 0 Å². The summed E-state index contributed by atoms with van der Waals surface area (Å²) < 4.78 is 23.4. The van der Waals surface area contributed by atoms with Gasteiger partial charge in [0.15, 0.2) is 0 Å². The van der Waals surface area contributed by atoms with Crippen molar-refractivity contribution in [2.45, 2.75) is 49.2 Å². The van der Waals surface area contributed by atoms with Crippen LogP contribution in [0.15, 0.2) is 24.3 Å². The van der Waals surface area contributed by atoms with Crippen LogP contribution in [0.3, 0.4) is 0 Å². The van der Waals surface area contributed by atoms with Gasteiger partial charge in [0.2, 0.25) is 5.91 Å². The zero-order valence-corrected chi connectivity index (χ0v) is 15.6. The summed E-state index contributed by atoms with van der Waals surface area (Å²) in [6.45, 7) is 1.07. The number of carbonyl (C=O) groups is 1. The molecule has 1 heterocycles. The zero-order valence-electron chi connectivity index (χ0n) is 14.0. The number of halogens is 1. The number of carbonyl (C=O) groups excluding carboxylic acids is 1. The fourth-order valence-electron chi connectivity index (χ4n) is 4.16. The molecule has 1 amide bonds. The Balaban J connectivity index is 1.80. The van der Waals surface area contributed by atoms with E-state index < -0.39 is 15.3 Å². The van der Waals surface area contributed by atoms with Gasteiger partial charge in [-0.15, -0.1) is 0 Å². The average molecular weight is 370 g/mol. The molecule has 132 valence electrons. The number of hydrogen-bond acceptors (Lipinski definition) is 3. The van der Waals surface area contributed by atoms with E-state index in [1.807, 2.05) is 29.2 Å². The molecule has 0 atom stereocenters. The van der Waals surface area contributed by atoms with Gasteiger partial charge in [-0.25, -0.2) is 8.42 Å². The monoisotopic (exact) mass is 369 g/mol. The molecule has 0 N–H and O–H groups in total. The molecule has 0 aromatic heterocycles. The van der Waals surface area contributed by atoms with Crippen molar-refractivity contribution in [3.8, 4) is 0 Å². The van der Waals surface area contributed by atoms with Crippen LogP contribution in [0, 0.1) is 0 Å². The molecule has 0 unspecified atom stereocenters. The first-order valence-electron chi connectivity index (χ1n) is 8.57. The molecular formula is C18H24ClNO3S. The van der Waals surface area contributed by atoms with Gasteiger partial charge < -0.3 is 4.90 Å². The van der Waals surface area contributed by atoms with Crippen molar-refractivity contribution in [2.75, 3.05) is 19.3 Å². The van der Waals surface area contributed by atoms with Gasteiger partial charge in [-0.1, -0.05) is 36.6 Å². The van der Waals surface area contributed by atoms with Crippen LogP contribution in [0.1, 0.15) is 44.1 Å². The fourth-order valence-corrected chi connectivity index (χ4v) is 5.36. The molecule has 4 nitrogen and oxygen atoms in total. The van der Waals surface area contributed by atoms with Crippen molar-refractivity contribution in [3.63, 3.8) is 0 Å². The molecular weight excluding hydrogens is 346 g/mol. The molecule has 24 heavy (non-hydrogen) atoms. The molecule has 2 aliphatic rings. The first-order chi connectivity index (χ1) is 11.3. The van der Waals surface area contributed by atoms with Crippen molar-refractivity contribution in [1.29, 1.82) is 0 Å². The highest BCUT2D eigenvalue weighted by atomic mass is 35.5. The quantitative estimate of drug-likeness (QED) is 0.822. The van der Waals surface area contributed by atoms with Gasteiger partial charge in [0.05, 0.1) is 10.7 Å². The number of benzene rings is 1. The summed E-state index contributed by atoms with van der Waals surface area (Å²) in [5, 5.41) is 0.366. The standard InChI is InChI=1S/C18H24ClNO3S/c1-24(22,23)16-8-12-20(13-9-16)17(21)18(10-2-3-11-18)14-4-6-15(19)7-5-14/h4-7,16H,2-3,8-13H2,1H3. The normalized spacial score (nSPS) is 21.8. The third-order valence-electron chi connectivity index (χ3n) is 5.60. The molecule has 1 aliphatic heterocycles. The molecule has 6 heteroatoms. The third-order valence-corrected chi connectivity index (χ3v) is 7.53. The Morgan fingerprint density at radius 2 is 1.67 bits per heavy atom. The smallest absolute Gasteiger partial charge is 0.233 e. The highest BCUT2D eigenvalue weighted by Crippen LogP contribution is 2.43. The van der Waals surface area contributed by atoms with Gasteiger partial charge in [0.1, 0.15) is 9.84 Å². The Morgan fingerprint density at radius 1 is 1.12 bits per heavy atom. The van der Waals surface area contributed by atoms with Crippen LogP contribution in [-0.2, 0) is 20.0 Å². The lowest BCUT2D eigenvalue weighted by atomic mass is 9.77. The van der Waals surface area contributed by atoms with Crippen LogP contribution >= 0.6 is 11.6 Å². The van der Waals surface area contributed by atoms with E-state index in [-0.39, 0.29) is 11.2 Å². The molecule has 0 spiro atoms. The highest BCUT2D eigenvalue weighted by Gasteiger charge is 2.45. The molecule has 1 aromatic rings. The van der Waals surface area contributed by atoms with Crippen molar-refractivity contribution in [1.82, 2.24) is 4.90 Å². The molecule has 1 saturated heterocycles. The summed E-state index contributed by atoms with van der Waals surface area (Å²) in [6, 6.07) is 7.63. The van der Waals surface area contributed by atoms with Crippen molar-refractivity contribution in [2.24, 2.45) is 0 Å². The molecule has 1 aliphatic carbocycles. The van der Waals surface area contributed by atoms with Crippen LogP contribution in [0.2, 0.25) is 5.02 Å². The van der Waals surface area contributed by atoms with Crippen LogP contribution in [0.25, 0.3) is 0 Å². The highest BCUT2D eigenvalue weighted by molar-refractivity contribution is 7.91. The third kappa shape index (κ3) is 3.33. The Morgan fingerprint density at radius 3 is 2.17 bits per heavy atom. The maximum atomic E-state index is 13.3. The summed E-state index contributed by atoms with van der Waals surface area (Å²) in [6.07, 6.45) is 6.20. The van der Waals surface area contributed by atoms with Gasteiger partial charge in [-0.2, -0.15) is 0 Å². The molecule has 0 radical (unpaired) electrons. The van der Waals surface area contributed by atoms with E-state index >= 15 is 0 Å². The second kappa shape index (κ2) is 6.68. The van der Waals surface area contributed by atoms with Crippen LogP contribution < -0.4 is 0 Å². The average Bonchev–Trinajstić information content (AvgIpc) is 3.05. The number of likely N-dealkylation sites (tertiary alicyclic amines) is 1. The maximum absolute atomic E-state index is 13.3. The van der Waals surface area contributed by atoms with Gasteiger partial charge in [-0.05, 0) is 43.4 Å². The van der Waals surface area contributed by atoms with Crippen molar-refractivity contribution in [3.05, 3.63) is 34.9 Å². The van der Waals surface area contributed by atoms with Crippen molar-refractivity contribution < 1.29 is 13.2 Å². The minimum atomic E-state index is -3.02. The molecule has 1 saturated carbocycles. The number of sulfone groups is 1. The molecule has 0 bridgehead atoms. The minimum Gasteiger partial charge on any atom is -0.342 e. The summed E-state index contributed by atoms with van der Waals surface area (Å²) in [5.74, 6) is 0.161. The zero-order chi connectivity index (χ0) is 17.4. The first-order valence-corrected chi connectivity index (χ1v) is 10.9. The van der Waals surface area contributed by atoms with E-state index in [2.05, 4.69) is 0 Å². The summed E-state index contributed by atoms with van der Waals surface area (Å²) in [7, 11) is -3.02. The topological polar surface area (TPSA) is 54.5 Å². The van der Waals surface area contributed by atoms with E-state index in [0.717, 1.165) is 31.2 Å². The Bertz CT molecular complexity index is 700.